The molecule has 2 aromatic carbocycles. The predicted molar refractivity (Wildman–Crippen MR) is 151 cm³/mol. The van der Waals surface area contributed by atoms with E-state index in [0.29, 0.717) is 29.4 Å². The number of methoxy groups -OCH3 is 2. The third-order valence-electron chi connectivity index (χ3n) is 5.38. The van der Waals surface area contributed by atoms with Crippen LogP contribution in [0.4, 0.5) is 0 Å². The standard InChI is InChI=1S/C26H36INO4SSi/c1-19-15-20(2)26(21(3)16-19)33(29,30)28(12-9-10-14-34(6,7)8)13-11-22-17-24(31-4)25(32-5)18-23(22)27/h15-18H,11-14H2,1-8H3. The summed E-state index contributed by atoms with van der Waals surface area (Å²) < 4.78 is 41.0. The Bertz CT molecular complexity index is 1170. The van der Waals surface area contributed by atoms with Gasteiger partial charge in [0.2, 0.25) is 10.0 Å². The fourth-order valence-electron chi connectivity index (χ4n) is 3.79. The van der Waals surface area contributed by atoms with Crippen LogP contribution in [0.5, 0.6) is 11.5 Å². The number of nitrogens with zero attached hydrogens (tertiary/aromatic N) is 1. The molecule has 0 heterocycles. The zero-order valence-electron chi connectivity index (χ0n) is 21.5. The SMILES string of the molecule is COc1cc(I)c(CCN(CC#CC[Si](C)(C)C)S(=O)(=O)c2c(C)cc(C)cc2C)cc1OC. The predicted octanol–water partition coefficient (Wildman–Crippen LogP) is 5.81. The van der Waals surface area contributed by atoms with Crippen molar-refractivity contribution in [1.29, 1.82) is 0 Å². The highest BCUT2D eigenvalue weighted by Gasteiger charge is 2.28. The quantitative estimate of drug-likeness (QED) is 0.204. The van der Waals surface area contributed by atoms with Crippen LogP contribution in [-0.2, 0) is 16.4 Å². The van der Waals surface area contributed by atoms with Crippen LogP contribution >= 0.6 is 22.6 Å². The zero-order chi connectivity index (χ0) is 25.7. The Hall–Kier alpha value is -1.54. The summed E-state index contributed by atoms with van der Waals surface area (Å²) in [4.78, 5) is 0.382. The molecule has 0 aliphatic rings. The van der Waals surface area contributed by atoms with Gasteiger partial charge in [0.15, 0.2) is 11.5 Å². The number of aryl methyl sites for hydroxylation is 3. The van der Waals surface area contributed by atoms with Gasteiger partial charge in [0, 0.05) is 16.2 Å². The van der Waals surface area contributed by atoms with Gasteiger partial charge in [0.1, 0.15) is 0 Å². The average Bonchev–Trinajstić information content (AvgIpc) is 2.71. The topological polar surface area (TPSA) is 55.8 Å². The molecule has 0 N–H and O–H groups in total. The Labute approximate surface area is 220 Å². The van der Waals surface area contributed by atoms with Gasteiger partial charge in [-0.2, -0.15) is 4.31 Å². The molecule has 0 aliphatic heterocycles. The van der Waals surface area contributed by atoms with Gasteiger partial charge in [-0.3, -0.25) is 0 Å². The fourth-order valence-corrected chi connectivity index (χ4v) is 6.91. The van der Waals surface area contributed by atoms with Gasteiger partial charge in [-0.15, -0.1) is 5.92 Å². The van der Waals surface area contributed by atoms with E-state index in [0.717, 1.165) is 31.9 Å². The normalized spacial score (nSPS) is 11.8. The number of rotatable bonds is 9. The minimum atomic E-state index is -3.72. The minimum Gasteiger partial charge on any atom is -0.493 e. The van der Waals surface area contributed by atoms with Crippen molar-refractivity contribution in [3.05, 3.63) is 50.1 Å². The molecule has 0 saturated heterocycles. The van der Waals surface area contributed by atoms with Gasteiger partial charge in [-0.25, -0.2) is 8.42 Å². The molecule has 5 nitrogen and oxygen atoms in total. The van der Waals surface area contributed by atoms with E-state index in [4.69, 9.17) is 9.47 Å². The molecular weight excluding hydrogens is 577 g/mol. The van der Waals surface area contributed by atoms with Crippen LogP contribution in [0.2, 0.25) is 25.7 Å². The molecule has 8 heteroatoms. The first-order chi connectivity index (χ1) is 15.8. The monoisotopic (exact) mass is 613 g/mol. The lowest BCUT2D eigenvalue weighted by Crippen LogP contribution is -2.34. The molecule has 0 fully saturated rings. The number of hydrogen-bond donors (Lipinski definition) is 0. The van der Waals surface area contributed by atoms with Crippen LogP contribution in [0.3, 0.4) is 0 Å². The van der Waals surface area contributed by atoms with Crippen LogP contribution in [0.15, 0.2) is 29.2 Å². The summed E-state index contributed by atoms with van der Waals surface area (Å²) in [6, 6.07) is 8.52. The Morgan fingerprint density at radius 2 is 1.50 bits per heavy atom. The van der Waals surface area contributed by atoms with Crippen LogP contribution < -0.4 is 9.47 Å². The summed E-state index contributed by atoms with van der Waals surface area (Å²) in [5.74, 6) is 7.66. The zero-order valence-corrected chi connectivity index (χ0v) is 25.5. The Balaban J connectivity index is 2.43. The van der Waals surface area contributed by atoms with Crippen molar-refractivity contribution in [2.45, 2.75) is 57.8 Å². The van der Waals surface area contributed by atoms with Crippen molar-refractivity contribution in [3.8, 4) is 23.3 Å². The maximum atomic E-state index is 13.8. The van der Waals surface area contributed by atoms with Crippen molar-refractivity contribution in [2.75, 3.05) is 27.3 Å². The highest BCUT2D eigenvalue weighted by atomic mass is 127. The summed E-state index contributed by atoms with van der Waals surface area (Å²) >= 11 is 2.25. The van der Waals surface area contributed by atoms with E-state index in [9.17, 15) is 8.42 Å². The van der Waals surface area contributed by atoms with E-state index in [-0.39, 0.29) is 6.54 Å². The Morgan fingerprint density at radius 3 is 2.03 bits per heavy atom. The van der Waals surface area contributed by atoms with Crippen molar-refractivity contribution < 1.29 is 17.9 Å². The van der Waals surface area contributed by atoms with Crippen molar-refractivity contribution in [3.63, 3.8) is 0 Å². The van der Waals surface area contributed by atoms with Gasteiger partial charge in [0.25, 0.3) is 0 Å². The number of halogens is 1. The first kappa shape index (κ1) is 28.7. The molecule has 186 valence electrons. The van der Waals surface area contributed by atoms with E-state index < -0.39 is 18.1 Å². The Morgan fingerprint density at radius 1 is 0.941 bits per heavy atom. The summed E-state index contributed by atoms with van der Waals surface area (Å²) in [6.45, 7) is 13.0. The molecule has 0 aromatic heterocycles. The third-order valence-corrected chi connectivity index (χ3v) is 9.78. The molecule has 2 aromatic rings. The lowest BCUT2D eigenvalue weighted by Gasteiger charge is -2.23. The summed E-state index contributed by atoms with van der Waals surface area (Å²) in [7, 11) is -1.85. The second-order valence-corrected chi connectivity index (χ2v) is 18.2. The first-order valence-corrected chi connectivity index (χ1v) is 17.5. The molecule has 0 spiro atoms. The Kier molecular flexibility index (Phi) is 10.1. The highest BCUT2D eigenvalue weighted by Crippen LogP contribution is 2.32. The minimum absolute atomic E-state index is 0.170. The van der Waals surface area contributed by atoms with Gasteiger partial charge in [-0.05, 0) is 78.6 Å². The molecule has 0 saturated carbocycles. The number of benzene rings is 2. The molecule has 0 atom stereocenters. The van der Waals surface area contributed by atoms with Crippen LogP contribution in [0.1, 0.15) is 22.3 Å². The van der Waals surface area contributed by atoms with Crippen molar-refractivity contribution in [2.24, 2.45) is 0 Å². The molecule has 34 heavy (non-hydrogen) atoms. The third kappa shape index (κ3) is 7.48. The first-order valence-electron chi connectivity index (χ1n) is 11.2. The maximum absolute atomic E-state index is 13.8. The smallest absolute Gasteiger partial charge is 0.244 e. The second kappa shape index (κ2) is 11.9. The van der Waals surface area contributed by atoms with E-state index in [1.165, 1.54) is 4.31 Å². The van der Waals surface area contributed by atoms with Crippen LogP contribution in [0, 0.1) is 36.2 Å². The molecule has 0 amide bonds. The molecule has 0 unspecified atom stereocenters. The van der Waals surface area contributed by atoms with E-state index in [1.807, 2.05) is 45.0 Å². The summed E-state index contributed by atoms with van der Waals surface area (Å²) in [6.07, 6.45) is 0.539. The number of hydrogen-bond acceptors (Lipinski definition) is 4. The lowest BCUT2D eigenvalue weighted by molar-refractivity contribution is 0.354. The molecule has 0 radical (unpaired) electrons. The summed E-state index contributed by atoms with van der Waals surface area (Å²) in [5, 5.41) is 0. The van der Waals surface area contributed by atoms with E-state index in [1.54, 1.807) is 14.2 Å². The maximum Gasteiger partial charge on any atom is 0.244 e. The van der Waals surface area contributed by atoms with Crippen LogP contribution in [-0.4, -0.2) is 48.1 Å². The van der Waals surface area contributed by atoms with E-state index >= 15 is 0 Å². The molecule has 0 aliphatic carbocycles. The van der Waals surface area contributed by atoms with E-state index in [2.05, 4.69) is 54.1 Å². The molecular formula is C26H36INO4SSi. The van der Waals surface area contributed by atoms with Gasteiger partial charge >= 0.3 is 0 Å². The van der Waals surface area contributed by atoms with Gasteiger partial charge < -0.3 is 9.47 Å². The van der Waals surface area contributed by atoms with Gasteiger partial charge in [-0.1, -0.05) is 43.3 Å². The largest absolute Gasteiger partial charge is 0.493 e. The molecule has 0 bridgehead atoms. The van der Waals surface area contributed by atoms with Crippen molar-refractivity contribution >= 4 is 40.7 Å². The lowest BCUT2D eigenvalue weighted by atomic mass is 10.1. The average molecular weight is 614 g/mol. The highest BCUT2D eigenvalue weighted by molar-refractivity contribution is 14.1. The number of sulfonamides is 1. The van der Waals surface area contributed by atoms with Crippen LogP contribution in [0.25, 0.3) is 0 Å². The van der Waals surface area contributed by atoms with Crippen molar-refractivity contribution in [1.82, 2.24) is 4.31 Å². The fraction of sp³-hybridized carbons (Fsp3) is 0.462. The summed E-state index contributed by atoms with van der Waals surface area (Å²) in [5.41, 5.74) is 3.58. The molecule has 2 rings (SSSR count). The van der Waals surface area contributed by atoms with Gasteiger partial charge in [0.05, 0.1) is 33.7 Å². The number of ether oxygens (including phenoxy) is 2. The second-order valence-electron chi connectivity index (χ2n) is 9.71.